The molecule has 0 amide bonds. The SMILES string of the molecule is COCC(C)(C)/C(C=C(N)N)=C/N. The van der Waals surface area contributed by atoms with E-state index in [9.17, 15) is 0 Å². The number of allylic oxidation sites excluding steroid dienone is 1. The first-order valence-electron chi connectivity index (χ1n) is 4.08. The van der Waals surface area contributed by atoms with Crippen LogP contribution in [0, 0.1) is 5.41 Å². The van der Waals surface area contributed by atoms with Gasteiger partial charge in [0, 0.05) is 12.5 Å². The molecule has 0 aliphatic heterocycles. The molecule has 0 bridgehead atoms. The predicted octanol–water partition coefficient (Wildman–Crippen LogP) is 0.260. The highest BCUT2D eigenvalue weighted by Crippen LogP contribution is 2.26. The fraction of sp³-hybridized carbons (Fsp3) is 0.556. The van der Waals surface area contributed by atoms with Crippen molar-refractivity contribution in [3.63, 3.8) is 0 Å². The molecule has 0 radical (unpaired) electrons. The lowest BCUT2D eigenvalue weighted by Gasteiger charge is -2.24. The molecule has 0 spiro atoms. The Morgan fingerprint density at radius 2 is 1.92 bits per heavy atom. The first-order chi connectivity index (χ1) is 5.94. The molecule has 0 unspecified atom stereocenters. The molecule has 0 aromatic rings. The van der Waals surface area contributed by atoms with Gasteiger partial charge in [0.05, 0.1) is 12.4 Å². The third-order valence-electron chi connectivity index (χ3n) is 1.79. The van der Waals surface area contributed by atoms with E-state index in [1.807, 2.05) is 13.8 Å². The van der Waals surface area contributed by atoms with Gasteiger partial charge in [0.15, 0.2) is 0 Å². The molecule has 0 rings (SSSR count). The second kappa shape index (κ2) is 4.77. The zero-order chi connectivity index (χ0) is 10.5. The Bertz CT molecular complexity index is 215. The normalized spacial score (nSPS) is 12.7. The summed E-state index contributed by atoms with van der Waals surface area (Å²) in [6.45, 7) is 4.59. The van der Waals surface area contributed by atoms with Crippen molar-refractivity contribution in [2.45, 2.75) is 13.8 Å². The van der Waals surface area contributed by atoms with Crippen molar-refractivity contribution in [3.8, 4) is 0 Å². The molecule has 76 valence electrons. The van der Waals surface area contributed by atoms with E-state index in [0.717, 1.165) is 5.57 Å². The van der Waals surface area contributed by atoms with Crippen LogP contribution in [0.25, 0.3) is 0 Å². The van der Waals surface area contributed by atoms with E-state index >= 15 is 0 Å². The number of nitrogens with two attached hydrogens (primary N) is 3. The van der Waals surface area contributed by atoms with Gasteiger partial charge in [-0.25, -0.2) is 0 Å². The summed E-state index contributed by atoms with van der Waals surface area (Å²) in [5.41, 5.74) is 16.9. The van der Waals surface area contributed by atoms with E-state index in [1.165, 1.54) is 6.20 Å². The summed E-state index contributed by atoms with van der Waals surface area (Å²) in [6, 6.07) is 0. The van der Waals surface area contributed by atoms with Gasteiger partial charge >= 0.3 is 0 Å². The lowest BCUT2D eigenvalue weighted by molar-refractivity contribution is 0.128. The number of hydrogen-bond acceptors (Lipinski definition) is 4. The van der Waals surface area contributed by atoms with Gasteiger partial charge in [-0.05, 0) is 17.8 Å². The molecule has 0 heterocycles. The first-order valence-corrected chi connectivity index (χ1v) is 4.08. The van der Waals surface area contributed by atoms with Crippen molar-refractivity contribution in [1.82, 2.24) is 0 Å². The van der Waals surface area contributed by atoms with E-state index in [4.69, 9.17) is 21.9 Å². The fourth-order valence-corrected chi connectivity index (χ4v) is 1.09. The van der Waals surface area contributed by atoms with Gasteiger partial charge in [-0.3, -0.25) is 0 Å². The topological polar surface area (TPSA) is 87.3 Å². The Morgan fingerprint density at radius 3 is 2.23 bits per heavy atom. The molecule has 4 heteroatoms. The van der Waals surface area contributed by atoms with Crippen LogP contribution in [-0.2, 0) is 4.74 Å². The van der Waals surface area contributed by atoms with Gasteiger partial charge in [-0.15, -0.1) is 0 Å². The van der Waals surface area contributed by atoms with Crippen molar-refractivity contribution >= 4 is 0 Å². The van der Waals surface area contributed by atoms with Crippen LogP contribution in [0.5, 0.6) is 0 Å². The summed E-state index contributed by atoms with van der Waals surface area (Å²) in [7, 11) is 1.64. The second-order valence-electron chi connectivity index (χ2n) is 3.58. The van der Waals surface area contributed by atoms with Gasteiger partial charge in [-0.2, -0.15) is 0 Å². The van der Waals surface area contributed by atoms with E-state index < -0.39 is 0 Å². The number of ether oxygens (including phenoxy) is 1. The molecule has 0 aliphatic rings. The van der Waals surface area contributed by atoms with Crippen molar-refractivity contribution in [3.05, 3.63) is 23.7 Å². The average molecular weight is 185 g/mol. The third-order valence-corrected chi connectivity index (χ3v) is 1.79. The predicted molar refractivity (Wildman–Crippen MR) is 54.4 cm³/mol. The molecule has 0 atom stereocenters. The monoisotopic (exact) mass is 185 g/mol. The Labute approximate surface area is 79.4 Å². The number of rotatable bonds is 4. The van der Waals surface area contributed by atoms with Crippen LogP contribution in [-0.4, -0.2) is 13.7 Å². The number of methoxy groups -OCH3 is 1. The highest BCUT2D eigenvalue weighted by atomic mass is 16.5. The molecule has 0 saturated carbocycles. The van der Waals surface area contributed by atoms with Crippen molar-refractivity contribution in [1.29, 1.82) is 0 Å². The highest BCUT2D eigenvalue weighted by molar-refractivity contribution is 5.26. The zero-order valence-electron chi connectivity index (χ0n) is 8.50. The van der Waals surface area contributed by atoms with Crippen molar-refractivity contribution in [2.75, 3.05) is 13.7 Å². The quantitative estimate of drug-likeness (QED) is 0.548. The van der Waals surface area contributed by atoms with Crippen LogP contribution in [0.2, 0.25) is 0 Å². The Morgan fingerprint density at radius 1 is 1.38 bits per heavy atom. The van der Waals surface area contributed by atoms with Crippen LogP contribution in [0.4, 0.5) is 0 Å². The van der Waals surface area contributed by atoms with Crippen molar-refractivity contribution < 1.29 is 4.74 Å². The Kier molecular flexibility index (Phi) is 4.34. The standard InChI is InChI=1S/C9H19N3O/c1-9(2,6-13-3)7(5-10)4-8(11)12/h4-5H,6,10-12H2,1-3H3/b7-5+. The first kappa shape index (κ1) is 11.8. The average Bonchev–Trinajstić information content (AvgIpc) is 1.99. The largest absolute Gasteiger partial charge is 0.404 e. The van der Waals surface area contributed by atoms with Crippen molar-refractivity contribution in [2.24, 2.45) is 22.6 Å². The zero-order valence-corrected chi connectivity index (χ0v) is 8.50. The molecule has 0 aromatic heterocycles. The van der Waals surface area contributed by atoms with Gasteiger partial charge in [0.1, 0.15) is 0 Å². The maximum absolute atomic E-state index is 5.46. The van der Waals surface area contributed by atoms with Crippen LogP contribution in [0.3, 0.4) is 0 Å². The molecule has 0 aromatic carbocycles. The lowest BCUT2D eigenvalue weighted by atomic mass is 9.85. The molecular weight excluding hydrogens is 166 g/mol. The van der Waals surface area contributed by atoms with Gasteiger partial charge in [-0.1, -0.05) is 13.8 Å². The van der Waals surface area contributed by atoms with E-state index in [2.05, 4.69) is 0 Å². The van der Waals surface area contributed by atoms with Gasteiger partial charge in [0.25, 0.3) is 0 Å². The summed E-state index contributed by atoms with van der Waals surface area (Å²) < 4.78 is 5.06. The minimum atomic E-state index is -0.173. The van der Waals surface area contributed by atoms with Crippen LogP contribution < -0.4 is 17.2 Å². The summed E-state index contributed by atoms with van der Waals surface area (Å²) >= 11 is 0. The highest BCUT2D eigenvalue weighted by Gasteiger charge is 2.21. The molecule has 13 heavy (non-hydrogen) atoms. The second-order valence-corrected chi connectivity index (χ2v) is 3.58. The molecular formula is C9H19N3O. The van der Waals surface area contributed by atoms with Crippen LogP contribution >= 0.6 is 0 Å². The lowest BCUT2D eigenvalue weighted by Crippen LogP contribution is -2.23. The van der Waals surface area contributed by atoms with E-state index in [0.29, 0.717) is 6.61 Å². The smallest absolute Gasteiger partial charge is 0.0937 e. The summed E-state index contributed by atoms with van der Waals surface area (Å²) in [5, 5.41) is 0. The fourth-order valence-electron chi connectivity index (χ4n) is 1.09. The molecule has 0 aliphatic carbocycles. The molecule has 4 nitrogen and oxygen atoms in total. The van der Waals surface area contributed by atoms with Gasteiger partial charge in [0.2, 0.25) is 0 Å². The van der Waals surface area contributed by atoms with E-state index in [1.54, 1.807) is 13.2 Å². The van der Waals surface area contributed by atoms with Gasteiger partial charge < -0.3 is 21.9 Å². The van der Waals surface area contributed by atoms with Crippen LogP contribution in [0.15, 0.2) is 23.7 Å². The molecule has 0 fully saturated rings. The number of hydrogen-bond donors (Lipinski definition) is 3. The summed E-state index contributed by atoms with van der Waals surface area (Å²) in [4.78, 5) is 0. The summed E-state index contributed by atoms with van der Waals surface area (Å²) in [6.07, 6.45) is 3.15. The van der Waals surface area contributed by atoms with E-state index in [-0.39, 0.29) is 11.2 Å². The minimum Gasteiger partial charge on any atom is -0.404 e. The minimum absolute atomic E-state index is 0.173. The molecule has 0 saturated heterocycles. The Hall–Kier alpha value is -1.16. The maximum atomic E-state index is 5.46. The molecule has 6 N–H and O–H groups in total. The maximum Gasteiger partial charge on any atom is 0.0937 e. The van der Waals surface area contributed by atoms with Crippen LogP contribution in [0.1, 0.15) is 13.8 Å². The Balaban J connectivity index is 4.68. The summed E-state index contributed by atoms with van der Waals surface area (Å²) in [5.74, 6) is 0.251. The third kappa shape index (κ3) is 3.85.